The second-order valence-corrected chi connectivity index (χ2v) is 8.84. The van der Waals surface area contributed by atoms with Gasteiger partial charge in [-0.1, -0.05) is 114 Å². The van der Waals surface area contributed by atoms with Crippen LogP contribution in [-0.2, 0) is 6.42 Å². The molecule has 3 rings (SSSR count). The Bertz CT molecular complexity index is 680. The second kappa shape index (κ2) is 11.3. The molecule has 0 heterocycles. The van der Waals surface area contributed by atoms with Crippen LogP contribution >= 0.6 is 0 Å². The predicted molar refractivity (Wildman–Crippen MR) is 121 cm³/mol. The molecule has 0 unspecified atom stereocenters. The number of rotatable bonds is 10. The highest BCUT2D eigenvalue weighted by Gasteiger charge is 2.20. The van der Waals surface area contributed by atoms with Crippen molar-refractivity contribution in [3.63, 3.8) is 0 Å². The molecule has 28 heavy (non-hydrogen) atoms. The number of aromatic hydroxyl groups is 1. The molecule has 1 saturated carbocycles. The molecular formula is C27H38O. The van der Waals surface area contributed by atoms with Gasteiger partial charge < -0.3 is 5.11 Å². The van der Waals surface area contributed by atoms with Gasteiger partial charge in [0.2, 0.25) is 0 Å². The summed E-state index contributed by atoms with van der Waals surface area (Å²) in [5.41, 5.74) is 3.43. The van der Waals surface area contributed by atoms with Crippen LogP contribution < -0.4 is 0 Å². The molecule has 0 saturated heterocycles. The molecule has 0 radical (unpaired) electrons. The molecule has 1 aliphatic rings. The molecule has 0 aliphatic heterocycles. The first-order valence-corrected chi connectivity index (χ1v) is 11.6. The van der Waals surface area contributed by atoms with Crippen LogP contribution in [0.5, 0.6) is 5.75 Å². The third-order valence-electron chi connectivity index (χ3n) is 6.68. The van der Waals surface area contributed by atoms with Crippen molar-refractivity contribution in [3.8, 4) is 16.9 Å². The Balaban J connectivity index is 1.33. The highest BCUT2D eigenvalue weighted by Crippen LogP contribution is 2.34. The number of hydrogen-bond donors (Lipinski definition) is 1. The van der Waals surface area contributed by atoms with Crippen molar-refractivity contribution in [1.29, 1.82) is 0 Å². The van der Waals surface area contributed by atoms with Gasteiger partial charge in [0.05, 0.1) is 0 Å². The number of benzene rings is 2. The smallest absolute Gasteiger partial charge is 0.123 e. The molecule has 0 aromatic heterocycles. The molecule has 1 fully saturated rings. The van der Waals surface area contributed by atoms with E-state index in [1.807, 2.05) is 18.2 Å². The fraction of sp³-hybridized carbons (Fsp3) is 0.556. The lowest BCUT2D eigenvalue weighted by Crippen LogP contribution is -2.14. The van der Waals surface area contributed by atoms with Crippen LogP contribution in [0.15, 0.2) is 48.5 Å². The maximum atomic E-state index is 10.0. The fourth-order valence-corrected chi connectivity index (χ4v) is 4.82. The van der Waals surface area contributed by atoms with Gasteiger partial charge in [0.1, 0.15) is 5.75 Å². The fourth-order valence-electron chi connectivity index (χ4n) is 4.82. The SMILES string of the molecule is CCCCC[C@H]1CC[C@H](CCCCc2ccc(-c3ccccc3O)cc2)CC1. The standard InChI is InChI=1S/C27H38O/c1-2-3-4-9-22-14-16-23(17-15-22)10-5-6-11-24-18-20-25(21-19-24)26-12-7-8-13-27(26)28/h7-8,12-13,18-23,28H,2-6,9-11,14-17H2,1H3/t22-,23-. The molecule has 1 aliphatic carbocycles. The number of aryl methyl sites for hydroxylation is 1. The average Bonchev–Trinajstić information content (AvgIpc) is 2.73. The highest BCUT2D eigenvalue weighted by molar-refractivity contribution is 5.69. The first-order chi connectivity index (χ1) is 13.8. The van der Waals surface area contributed by atoms with Crippen LogP contribution in [0.4, 0.5) is 0 Å². The summed E-state index contributed by atoms with van der Waals surface area (Å²) in [6.45, 7) is 2.30. The molecule has 1 nitrogen and oxygen atoms in total. The maximum Gasteiger partial charge on any atom is 0.123 e. The van der Waals surface area contributed by atoms with Gasteiger partial charge in [-0.3, -0.25) is 0 Å². The number of phenolic OH excluding ortho intramolecular Hbond substituents is 1. The quantitative estimate of drug-likeness (QED) is 0.413. The molecular weight excluding hydrogens is 340 g/mol. The summed E-state index contributed by atoms with van der Waals surface area (Å²) in [5.74, 6) is 2.38. The van der Waals surface area contributed by atoms with E-state index in [0.717, 1.165) is 23.0 Å². The highest BCUT2D eigenvalue weighted by atomic mass is 16.3. The minimum absolute atomic E-state index is 0.357. The molecule has 0 atom stereocenters. The lowest BCUT2D eigenvalue weighted by atomic mass is 9.78. The second-order valence-electron chi connectivity index (χ2n) is 8.84. The van der Waals surface area contributed by atoms with E-state index in [9.17, 15) is 5.11 Å². The minimum atomic E-state index is 0.357. The van der Waals surface area contributed by atoms with Crippen LogP contribution in [0.25, 0.3) is 11.1 Å². The first kappa shape index (κ1) is 21.0. The number of phenols is 1. The molecule has 152 valence electrons. The van der Waals surface area contributed by atoms with Crippen molar-refractivity contribution in [2.75, 3.05) is 0 Å². The van der Waals surface area contributed by atoms with Crippen molar-refractivity contribution in [2.45, 2.75) is 84.0 Å². The van der Waals surface area contributed by atoms with E-state index in [1.54, 1.807) is 6.07 Å². The predicted octanol–water partition coefficient (Wildman–Crippen LogP) is 8.16. The summed E-state index contributed by atoms with van der Waals surface area (Å²) in [4.78, 5) is 0. The van der Waals surface area contributed by atoms with Gasteiger partial charge in [-0.05, 0) is 41.9 Å². The normalized spacial score (nSPS) is 19.6. The molecule has 0 spiro atoms. The van der Waals surface area contributed by atoms with Crippen molar-refractivity contribution in [2.24, 2.45) is 11.8 Å². The summed E-state index contributed by atoms with van der Waals surface area (Å²) in [6, 6.07) is 16.3. The van der Waals surface area contributed by atoms with Crippen LogP contribution in [-0.4, -0.2) is 5.11 Å². The largest absolute Gasteiger partial charge is 0.507 e. The Labute approximate surface area is 172 Å². The number of unbranched alkanes of at least 4 members (excludes halogenated alkanes) is 3. The Hall–Kier alpha value is -1.76. The number of hydrogen-bond acceptors (Lipinski definition) is 1. The lowest BCUT2D eigenvalue weighted by Gasteiger charge is -2.28. The Kier molecular flexibility index (Phi) is 8.45. The van der Waals surface area contributed by atoms with Gasteiger partial charge in [-0.25, -0.2) is 0 Å². The molecule has 1 N–H and O–H groups in total. The Morgan fingerprint density at radius 3 is 1.96 bits per heavy atom. The van der Waals surface area contributed by atoms with E-state index < -0.39 is 0 Å². The lowest BCUT2D eigenvalue weighted by molar-refractivity contribution is 0.245. The van der Waals surface area contributed by atoms with E-state index >= 15 is 0 Å². The zero-order valence-electron chi connectivity index (χ0n) is 17.7. The number of para-hydroxylation sites is 1. The van der Waals surface area contributed by atoms with E-state index in [1.165, 1.54) is 82.6 Å². The van der Waals surface area contributed by atoms with Crippen molar-refractivity contribution < 1.29 is 5.11 Å². The Morgan fingerprint density at radius 1 is 0.750 bits per heavy atom. The average molecular weight is 379 g/mol. The summed E-state index contributed by atoms with van der Waals surface area (Å²) in [5, 5.41) is 10.0. The zero-order valence-corrected chi connectivity index (χ0v) is 17.7. The van der Waals surface area contributed by atoms with Crippen LogP contribution in [0, 0.1) is 11.8 Å². The summed E-state index contributed by atoms with van der Waals surface area (Å²) in [6.07, 6.45) is 16.9. The summed E-state index contributed by atoms with van der Waals surface area (Å²) < 4.78 is 0. The van der Waals surface area contributed by atoms with Gasteiger partial charge in [-0.2, -0.15) is 0 Å². The third kappa shape index (κ3) is 6.40. The molecule has 0 amide bonds. The molecule has 1 heteroatoms. The Morgan fingerprint density at radius 2 is 1.36 bits per heavy atom. The van der Waals surface area contributed by atoms with Crippen molar-refractivity contribution in [1.82, 2.24) is 0 Å². The van der Waals surface area contributed by atoms with Crippen molar-refractivity contribution in [3.05, 3.63) is 54.1 Å². The minimum Gasteiger partial charge on any atom is -0.507 e. The molecule has 2 aromatic carbocycles. The summed E-state index contributed by atoms with van der Waals surface area (Å²) in [7, 11) is 0. The summed E-state index contributed by atoms with van der Waals surface area (Å²) >= 11 is 0. The molecule has 0 bridgehead atoms. The van der Waals surface area contributed by atoms with Gasteiger partial charge >= 0.3 is 0 Å². The third-order valence-corrected chi connectivity index (χ3v) is 6.68. The maximum absolute atomic E-state index is 10.0. The van der Waals surface area contributed by atoms with E-state index in [2.05, 4.69) is 31.2 Å². The van der Waals surface area contributed by atoms with E-state index in [4.69, 9.17) is 0 Å². The molecule has 2 aromatic rings. The van der Waals surface area contributed by atoms with Gasteiger partial charge in [0.25, 0.3) is 0 Å². The van der Waals surface area contributed by atoms with Crippen molar-refractivity contribution >= 4 is 0 Å². The van der Waals surface area contributed by atoms with Gasteiger partial charge in [0, 0.05) is 5.56 Å². The van der Waals surface area contributed by atoms with Crippen LogP contribution in [0.3, 0.4) is 0 Å². The first-order valence-electron chi connectivity index (χ1n) is 11.6. The van der Waals surface area contributed by atoms with Gasteiger partial charge in [0.15, 0.2) is 0 Å². The monoisotopic (exact) mass is 378 g/mol. The van der Waals surface area contributed by atoms with Crippen LogP contribution in [0.2, 0.25) is 0 Å². The van der Waals surface area contributed by atoms with E-state index in [0.29, 0.717) is 5.75 Å². The van der Waals surface area contributed by atoms with Crippen LogP contribution in [0.1, 0.15) is 83.1 Å². The van der Waals surface area contributed by atoms with E-state index in [-0.39, 0.29) is 0 Å². The topological polar surface area (TPSA) is 20.2 Å². The zero-order chi connectivity index (χ0) is 19.6. The van der Waals surface area contributed by atoms with Gasteiger partial charge in [-0.15, -0.1) is 0 Å².